The Bertz CT molecular complexity index is 923. The summed E-state index contributed by atoms with van der Waals surface area (Å²) in [4.78, 5) is 15.7. The van der Waals surface area contributed by atoms with E-state index in [0.717, 1.165) is 36.2 Å². The number of hydrazone groups is 1. The summed E-state index contributed by atoms with van der Waals surface area (Å²) in [5.74, 6) is -0.278. The molecule has 1 heterocycles. The van der Waals surface area contributed by atoms with Crippen LogP contribution in [-0.4, -0.2) is 40.7 Å². The molecule has 2 aliphatic rings. The molecule has 4 rings (SSSR count). The van der Waals surface area contributed by atoms with E-state index in [0.29, 0.717) is 24.0 Å². The molecule has 1 fully saturated rings. The van der Waals surface area contributed by atoms with Gasteiger partial charge in [-0.25, -0.2) is 9.40 Å². The molecule has 31 heavy (non-hydrogen) atoms. The number of halogens is 2. The van der Waals surface area contributed by atoms with Gasteiger partial charge < -0.3 is 0 Å². The fourth-order valence-corrected chi connectivity index (χ4v) is 4.82. The highest BCUT2D eigenvalue weighted by molar-refractivity contribution is 6.30. The smallest absolute Gasteiger partial charge is 0.257 e. The van der Waals surface area contributed by atoms with Gasteiger partial charge in [0.2, 0.25) is 0 Å². The Morgan fingerprint density at radius 2 is 1.77 bits per heavy atom. The second-order valence-electron chi connectivity index (χ2n) is 8.42. The second kappa shape index (κ2) is 9.92. The van der Waals surface area contributed by atoms with E-state index < -0.39 is 0 Å². The van der Waals surface area contributed by atoms with Crippen LogP contribution < -0.4 is 0 Å². The number of likely N-dealkylation sites (N-methyl/N-ethyl adjacent to an activating group) is 1. The minimum Gasteiger partial charge on any atom is -0.292 e. The van der Waals surface area contributed by atoms with Gasteiger partial charge in [0.05, 0.1) is 18.3 Å². The number of carbonyl (C=O) groups is 1. The van der Waals surface area contributed by atoms with Crippen LogP contribution >= 0.6 is 11.6 Å². The van der Waals surface area contributed by atoms with E-state index in [2.05, 4.69) is 11.8 Å². The zero-order chi connectivity index (χ0) is 21.8. The van der Waals surface area contributed by atoms with Gasteiger partial charge in [0, 0.05) is 17.5 Å². The maximum absolute atomic E-state index is 13.4. The van der Waals surface area contributed by atoms with E-state index in [9.17, 15) is 9.18 Å². The van der Waals surface area contributed by atoms with E-state index in [1.807, 2.05) is 24.3 Å². The molecule has 0 bridgehead atoms. The lowest BCUT2D eigenvalue weighted by Gasteiger charge is -2.34. The molecule has 0 aromatic heterocycles. The zero-order valence-electron chi connectivity index (χ0n) is 17.9. The van der Waals surface area contributed by atoms with Gasteiger partial charge in [-0.05, 0) is 54.8 Å². The van der Waals surface area contributed by atoms with Gasteiger partial charge in [-0.3, -0.25) is 9.69 Å². The van der Waals surface area contributed by atoms with Crippen molar-refractivity contribution in [1.82, 2.24) is 9.91 Å². The molecule has 0 spiro atoms. The van der Waals surface area contributed by atoms with Crippen LogP contribution in [-0.2, 0) is 4.79 Å². The first-order valence-electron chi connectivity index (χ1n) is 11.2. The lowest BCUT2D eigenvalue weighted by atomic mass is 9.94. The standard InChI is InChI=1S/C25H29ClFN3O/c1-2-29(22-6-4-3-5-7-22)17-25(31)30-24(19-8-12-20(26)13-9-19)16-23(28-30)18-10-14-21(27)15-11-18/h8-15,22,24H,2-7,16-17H2,1H3. The molecule has 0 N–H and O–H groups in total. The molecule has 1 unspecified atom stereocenters. The summed E-state index contributed by atoms with van der Waals surface area (Å²) in [7, 11) is 0. The maximum Gasteiger partial charge on any atom is 0.257 e. The summed E-state index contributed by atoms with van der Waals surface area (Å²) in [6.45, 7) is 3.34. The molecule has 164 valence electrons. The average molecular weight is 442 g/mol. The largest absolute Gasteiger partial charge is 0.292 e. The number of hydrogen-bond donors (Lipinski definition) is 0. The highest BCUT2D eigenvalue weighted by atomic mass is 35.5. The van der Waals surface area contributed by atoms with Crippen molar-refractivity contribution in [3.05, 3.63) is 70.5 Å². The van der Waals surface area contributed by atoms with Gasteiger partial charge in [0.25, 0.3) is 5.91 Å². The number of rotatable bonds is 6. The molecule has 1 saturated carbocycles. The Morgan fingerprint density at radius 1 is 1.10 bits per heavy atom. The highest BCUT2D eigenvalue weighted by Gasteiger charge is 2.34. The Morgan fingerprint density at radius 3 is 2.42 bits per heavy atom. The topological polar surface area (TPSA) is 35.9 Å². The molecule has 2 aromatic rings. The molecule has 1 aliphatic carbocycles. The summed E-state index contributed by atoms with van der Waals surface area (Å²) in [6.07, 6.45) is 6.67. The predicted molar refractivity (Wildman–Crippen MR) is 123 cm³/mol. The van der Waals surface area contributed by atoms with Crippen molar-refractivity contribution in [3.63, 3.8) is 0 Å². The molecule has 1 aliphatic heterocycles. The summed E-state index contributed by atoms with van der Waals surface area (Å²) >= 11 is 6.08. The van der Waals surface area contributed by atoms with E-state index >= 15 is 0 Å². The first kappa shape index (κ1) is 22.0. The maximum atomic E-state index is 13.4. The van der Waals surface area contributed by atoms with Crippen LogP contribution in [0.4, 0.5) is 4.39 Å². The summed E-state index contributed by atoms with van der Waals surface area (Å²) in [6, 6.07) is 14.2. The van der Waals surface area contributed by atoms with Crippen molar-refractivity contribution in [3.8, 4) is 0 Å². The van der Waals surface area contributed by atoms with Crippen LogP contribution in [0.15, 0.2) is 53.6 Å². The lowest BCUT2D eigenvalue weighted by molar-refractivity contribution is -0.135. The molecule has 6 heteroatoms. The normalized spacial score (nSPS) is 19.7. The fourth-order valence-electron chi connectivity index (χ4n) is 4.69. The predicted octanol–water partition coefficient (Wildman–Crippen LogP) is 5.81. The Hall–Kier alpha value is -2.24. The third-order valence-corrected chi connectivity index (χ3v) is 6.69. The van der Waals surface area contributed by atoms with Crippen LogP contribution in [0, 0.1) is 5.82 Å². The first-order valence-corrected chi connectivity index (χ1v) is 11.6. The number of amides is 1. The van der Waals surface area contributed by atoms with Gasteiger partial charge in [0.1, 0.15) is 5.82 Å². The van der Waals surface area contributed by atoms with Crippen molar-refractivity contribution in [2.75, 3.05) is 13.1 Å². The Kier molecular flexibility index (Phi) is 7.03. The summed E-state index contributed by atoms with van der Waals surface area (Å²) in [5.41, 5.74) is 2.64. The molecular formula is C25H29ClFN3O. The first-order chi connectivity index (χ1) is 15.0. The van der Waals surface area contributed by atoms with Crippen molar-refractivity contribution in [2.24, 2.45) is 5.10 Å². The zero-order valence-corrected chi connectivity index (χ0v) is 18.7. The summed E-state index contributed by atoms with van der Waals surface area (Å²) in [5, 5.41) is 7.01. The van der Waals surface area contributed by atoms with Crippen LogP contribution in [0.1, 0.15) is 62.6 Å². The van der Waals surface area contributed by atoms with Crippen LogP contribution in [0.3, 0.4) is 0 Å². The van der Waals surface area contributed by atoms with Gasteiger partial charge in [-0.1, -0.05) is 62.1 Å². The third kappa shape index (κ3) is 5.16. The van der Waals surface area contributed by atoms with Crippen LogP contribution in [0.25, 0.3) is 0 Å². The van der Waals surface area contributed by atoms with Crippen molar-refractivity contribution >= 4 is 23.2 Å². The SMILES string of the molecule is CCN(CC(=O)N1N=C(c2ccc(F)cc2)CC1c1ccc(Cl)cc1)C1CCCCC1. The minimum absolute atomic E-state index is 0.00415. The molecule has 1 atom stereocenters. The average Bonchev–Trinajstić information content (AvgIpc) is 3.24. The van der Waals surface area contributed by atoms with E-state index in [1.54, 1.807) is 17.1 Å². The number of hydrogen-bond acceptors (Lipinski definition) is 3. The molecule has 4 nitrogen and oxygen atoms in total. The number of carbonyl (C=O) groups excluding carboxylic acids is 1. The van der Waals surface area contributed by atoms with E-state index in [-0.39, 0.29) is 17.8 Å². The van der Waals surface area contributed by atoms with Crippen molar-refractivity contribution < 1.29 is 9.18 Å². The Labute approximate surface area is 188 Å². The van der Waals surface area contributed by atoms with Gasteiger partial charge >= 0.3 is 0 Å². The molecular weight excluding hydrogens is 413 g/mol. The van der Waals surface area contributed by atoms with Gasteiger partial charge in [0.15, 0.2) is 0 Å². The van der Waals surface area contributed by atoms with Gasteiger partial charge in [-0.2, -0.15) is 5.10 Å². The van der Waals surface area contributed by atoms with Crippen molar-refractivity contribution in [2.45, 2.75) is 57.5 Å². The van der Waals surface area contributed by atoms with E-state index in [4.69, 9.17) is 16.7 Å². The lowest BCUT2D eigenvalue weighted by Crippen LogP contribution is -2.44. The van der Waals surface area contributed by atoms with Crippen LogP contribution in [0.5, 0.6) is 0 Å². The minimum atomic E-state index is -0.282. The molecule has 0 radical (unpaired) electrons. The molecule has 2 aromatic carbocycles. The van der Waals surface area contributed by atoms with E-state index in [1.165, 1.54) is 31.4 Å². The molecule has 0 saturated heterocycles. The van der Waals surface area contributed by atoms with Gasteiger partial charge in [-0.15, -0.1) is 0 Å². The van der Waals surface area contributed by atoms with Crippen molar-refractivity contribution in [1.29, 1.82) is 0 Å². The third-order valence-electron chi connectivity index (χ3n) is 6.43. The quantitative estimate of drug-likeness (QED) is 0.567. The number of nitrogens with zero attached hydrogens (tertiary/aromatic N) is 3. The van der Waals surface area contributed by atoms with Crippen LogP contribution in [0.2, 0.25) is 5.02 Å². The highest BCUT2D eigenvalue weighted by Crippen LogP contribution is 2.34. The molecule has 1 amide bonds. The Balaban J connectivity index is 1.58. The monoisotopic (exact) mass is 441 g/mol. The summed E-state index contributed by atoms with van der Waals surface area (Å²) < 4.78 is 13.4. The number of benzene rings is 2. The second-order valence-corrected chi connectivity index (χ2v) is 8.85. The fraction of sp³-hybridized carbons (Fsp3) is 0.440.